The van der Waals surface area contributed by atoms with Crippen LogP contribution in [0.25, 0.3) is 11.0 Å². The zero-order valence-electron chi connectivity index (χ0n) is 15.0. The van der Waals surface area contributed by atoms with Gasteiger partial charge in [0, 0.05) is 16.4 Å². The largest absolute Gasteiger partial charge is 0.395 e. The van der Waals surface area contributed by atoms with Crippen LogP contribution in [0.2, 0.25) is 5.02 Å². The summed E-state index contributed by atoms with van der Waals surface area (Å²) < 4.78 is 15.3. The van der Waals surface area contributed by atoms with Crippen molar-refractivity contribution in [3.05, 3.63) is 87.1 Å². The van der Waals surface area contributed by atoms with Gasteiger partial charge in [-0.3, -0.25) is 5.32 Å². The quantitative estimate of drug-likeness (QED) is 0.457. The van der Waals surface area contributed by atoms with Gasteiger partial charge in [-0.25, -0.2) is 9.37 Å². The number of nitrogens with one attached hydrogen (secondary N) is 1. The number of thiophene rings is 1. The molecule has 1 unspecified atom stereocenters. The molecule has 2 aromatic carbocycles. The Morgan fingerprint density at radius 2 is 2.00 bits per heavy atom. The summed E-state index contributed by atoms with van der Waals surface area (Å²) >= 11 is 7.79. The molecule has 1 atom stereocenters. The predicted octanol–water partition coefficient (Wildman–Crippen LogP) is 4.76. The summed E-state index contributed by atoms with van der Waals surface area (Å²) in [6, 6.07) is 16.1. The van der Waals surface area contributed by atoms with E-state index in [2.05, 4.69) is 11.4 Å². The van der Waals surface area contributed by atoms with E-state index in [0.29, 0.717) is 18.1 Å². The van der Waals surface area contributed by atoms with Crippen LogP contribution in [0.1, 0.15) is 22.3 Å². The highest BCUT2D eigenvalue weighted by Gasteiger charge is 2.17. The summed E-state index contributed by atoms with van der Waals surface area (Å²) in [6.45, 7) is 0.942. The number of nitrogens with zero attached hydrogens (tertiary/aromatic N) is 2. The molecule has 0 aliphatic carbocycles. The monoisotopic (exact) mass is 415 g/mol. The number of rotatable bonds is 7. The van der Waals surface area contributed by atoms with Gasteiger partial charge >= 0.3 is 0 Å². The molecule has 0 aliphatic rings. The van der Waals surface area contributed by atoms with E-state index in [-0.39, 0.29) is 18.5 Å². The molecule has 4 rings (SSSR count). The van der Waals surface area contributed by atoms with E-state index in [9.17, 15) is 9.50 Å². The lowest BCUT2D eigenvalue weighted by Gasteiger charge is -2.18. The summed E-state index contributed by atoms with van der Waals surface area (Å²) in [4.78, 5) is 5.85. The minimum Gasteiger partial charge on any atom is -0.395 e. The molecule has 0 spiro atoms. The van der Waals surface area contributed by atoms with Crippen molar-refractivity contribution in [1.82, 2.24) is 14.9 Å². The Kier molecular flexibility index (Phi) is 5.73. The van der Waals surface area contributed by atoms with E-state index < -0.39 is 0 Å². The number of imidazole rings is 1. The molecule has 0 radical (unpaired) electrons. The molecular weight excluding hydrogens is 397 g/mol. The Labute approximate surface area is 171 Å². The fraction of sp³-hybridized carbons (Fsp3) is 0.190. The molecule has 2 heterocycles. The summed E-state index contributed by atoms with van der Waals surface area (Å²) in [7, 11) is 0. The second-order valence-electron chi connectivity index (χ2n) is 6.42. The van der Waals surface area contributed by atoms with Crippen LogP contribution < -0.4 is 5.32 Å². The third-order valence-corrected chi connectivity index (χ3v) is 5.78. The maximum Gasteiger partial charge on any atom is 0.123 e. The average Bonchev–Trinajstić information content (AvgIpc) is 3.33. The number of fused-ring (bicyclic) bond motifs is 1. The minimum absolute atomic E-state index is 0.0112. The highest BCUT2D eigenvalue weighted by Crippen LogP contribution is 2.27. The van der Waals surface area contributed by atoms with Crippen molar-refractivity contribution in [3.8, 4) is 0 Å². The zero-order chi connectivity index (χ0) is 19.5. The Hall–Kier alpha value is -2.25. The standard InChI is InChI=1S/C21H19ClFN3OS/c22-15-5-8-17-18(12-15)26(9-10-27)20(25-17)13-24-21(19-2-1-11-28-19)14-3-6-16(23)7-4-14/h1-8,11-12,21,24,27H,9-10,13H2. The van der Waals surface area contributed by atoms with Crippen molar-refractivity contribution in [1.29, 1.82) is 0 Å². The average molecular weight is 416 g/mol. The number of benzene rings is 2. The van der Waals surface area contributed by atoms with Crippen LogP contribution in [0, 0.1) is 5.82 Å². The van der Waals surface area contributed by atoms with E-state index in [1.54, 1.807) is 23.5 Å². The second kappa shape index (κ2) is 8.41. The van der Waals surface area contributed by atoms with Crippen molar-refractivity contribution in [2.75, 3.05) is 6.61 Å². The van der Waals surface area contributed by atoms with Crippen LogP contribution in [0.3, 0.4) is 0 Å². The van der Waals surface area contributed by atoms with Crippen molar-refractivity contribution in [3.63, 3.8) is 0 Å². The molecule has 4 nitrogen and oxygen atoms in total. The van der Waals surface area contributed by atoms with Crippen molar-refractivity contribution in [2.45, 2.75) is 19.1 Å². The summed E-state index contributed by atoms with van der Waals surface area (Å²) in [5.41, 5.74) is 2.72. The second-order valence-corrected chi connectivity index (χ2v) is 7.83. The molecule has 0 saturated carbocycles. The predicted molar refractivity (Wildman–Crippen MR) is 111 cm³/mol. The van der Waals surface area contributed by atoms with Gasteiger partial charge in [-0.2, -0.15) is 0 Å². The molecule has 4 aromatic rings. The Bertz CT molecular complexity index is 1060. The maximum atomic E-state index is 13.4. The van der Waals surface area contributed by atoms with Gasteiger partial charge in [0.2, 0.25) is 0 Å². The molecule has 0 saturated heterocycles. The molecule has 0 fully saturated rings. The van der Waals surface area contributed by atoms with Gasteiger partial charge in [0.05, 0.1) is 30.2 Å². The fourth-order valence-electron chi connectivity index (χ4n) is 3.32. The number of hydrogen-bond donors (Lipinski definition) is 2. The zero-order valence-corrected chi connectivity index (χ0v) is 16.6. The molecule has 28 heavy (non-hydrogen) atoms. The molecule has 7 heteroatoms. The molecule has 0 amide bonds. The number of hydrogen-bond acceptors (Lipinski definition) is 4. The third kappa shape index (κ3) is 3.95. The smallest absolute Gasteiger partial charge is 0.123 e. The number of halogens is 2. The topological polar surface area (TPSA) is 50.1 Å². The first-order valence-electron chi connectivity index (χ1n) is 8.93. The molecule has 0 bridgehead atoms. The van der Waals surface area contributed by atoms with Crippen LogP contribution >= 0.6 is 22.9 Å². The highest BCUT2D eigenvalue weighted by molar-refractivity contribution is 7.10. The first-order chi connectivity index (χ1) is 13.7. The van der Waals surface area contributed by atoms with Crippen molar-refractivity contribution in [2.24, 2.45) is 0 Å². The fourth-order valence-corrected chi connectivity index (χ4v) is 4.31. The van der Waals surface area contributed by atoms with Gasteiger partial charge in [-0.15, -0.1) is 11.3 Å². The minimum atomic E-state index is -0.254. The summed E-state index contributed by atoms with van der Waals surface area (Å²) in [5, 5.41) is 15.7. The highest BCUT2D eigenvalue weighted by atomic mass is 35.5. The number of aliphatic hydroxyl groups excluding tert-OH is 1. The van der Waals surface area contributed by atoms with Crippen molar-refractivity contribution >= 4 is 34.0 Å². The van der Waals surface area contributed by atoms with Crippen LogP contribution in [-0.4, -0.2) is 21.3 Å². The lowest BCUT2D eigenvalue weighted by atomic mass is 10.1. The van der Waals surface area contributed by atoms with E-state index >= 15 is 0 Å². The number of aliphatic hydroxyl groups is 1. The maximum absolute atomic E-state index is 13.4. The van der Waals surface area contributed by atoms with Gasteiger partial charge in [-0.1, -0.05) is 29.8 Å². The molecule has 144 valence electrons. The Balaban J connectivity index is 1.65. The van der Waals surface area contributed by atoms with E-state index in [1.165, 1.54) is 12.1 Å². The van der Waals surface area contributed by atoms with Gasteiger partial charge in [0.1, 0.15) is 11.6 Å². The van der Waals surface area contributed by atoms with Gasteiger partial charge in [0.15, 0.2) is 0 Å². The molecule has 2 N–H and O–H groups in total. The van der Waals surface area contributed by atoms with Crippen LogP contribution in [0.5, 0.6) is 0 Å². The Morgan fingerprint density at radius 1 is 1.18 bits per heavy atom. The lowest BCUT2D eigenvalue weighted by Crippen LogP contribution is -2.23. The molecule has 0 aliphatic heterocycles. The van der Waals surface area contributed by atoms with Gasteiger partial charge in [0.25, 0.3) is 0 Å². The van der Waals surface area contributed by atoms with E-state index in [1.807, 2.05) is 34.2 Å². The lowest BCUT2D eigenvalue weighted by molar-refractivity contribution is 0.275. The first kappa shape index (κ1) is 19.1. The van der Waals surface area contributed by atoms with Gasteiger partial charge in [-0.05, 0) is 47.3 Å². The number of aromatic nitrogens is 2. The van der Waals surface area contributed by atoms with Crippen LogP contribution in [-0.2, 0) is 13.1 Å². The summed E-state index contributed by atoms with van der Waals surface area (Å²) in [6.07, 6.45) is 0. The first-order valence-corrected chi connectivity index (χ1v) is 10.2. The van der Waals surface area contributed by atoms with Crippen molar-refractivity contribution < 1.29 is 9.50 Å². The van der Waals surface area contributed by atoms with E-state index in [0.717, 1.165) is 27.3 Å². The van der Waals surface area contributed by atoms with Crippen LogP contribution in [0.4, 0.5) is 4.39 Å². The van der Waals surface area contributed by atoms with E-state index in [4.69, 9.17) is 16.6 Å². The van der Waals surface area contributed by atoms with Crippen LogP contribution in [0.15, 0.2) is 60.0 Å². The Morgan fingerprint density at radius 3 is 2.71 bits per heavy atom. The third-order valence-electron chi connectivity index (χ3n) is 4.61. The SMILES string of the molecule is OCCn1c(CNC(c2ccc(F)cc2)c2cccs2)nc2ccc(Cl)cc21. The van der Waals surface area contributed by atoms with Gasteiger partial charge < -0.3 is 9.67 Å². The molecule has 2 aromatic heterocycles. The summed E-state index contributed by atoms with van der Waals surface area (Å²) in [5.74, 6) is 0.560. The molecular formula is C21H19ClFN3OS. The normalized spacial score (nSPS) is 12.5.